The van der Waals surface area contributed by atoms with Gasteiger partial charge in [0, 0.05) is 44.2 Å². The molecule has 0 spiro atoms. The molecular weight excluding hydrogens is 432 g/mol. The van der Waals surface area contributed by atoms with Crippen molar-refractivity contribution in [1.82, 2.24) is 9.80 Å². The third-order valence-corrected chi connectivity index (χ3v) is 7.24. The van der Waals surface area contributed by atoms with Crippen LogP contribution in [0.15, 0.2) is 60.7 Å². The van der Waals surface area contributed by atoms with Gasteiger partial charge >= 0.3 is 0 Å². The summed E-state index contributed by atoms with van der Waals surface area (Å²) in [6.07, 6.45) is 2.72. The fraction of sp³-hybridized carbons (Fsp3) is 0.429. The zero-order valence-corrected chi connectivity index (χ0v) is 20.5. The Balaban J connectivity index is 1.47. The summed E-state index contributed by atoms with van der Waals surface area (Å²) in [4.78, 5) is 5.01. The summed E-state index contributed by atoms with van der Waals surface area (Å²) in [5.74, 6) is 0.673. The van der Waals surface area contributed by atoms with E-state index in [2.05, 4.69) is 53.1 Å². The first-order valence-electron chi connectivity index (χ1n) is 12.0. The number of fused-ring (bicyclic) bond motifs is 1. The number of methoxy groups -OCH3 is 1. The Bertz CT molecular complexity index is 1030. The average molecular weight is 467 g/mol. The molecule has 2 atom stereocenters. The maximum Gasteiger partial charge on any atom is 0.138 e. The minimum absolute atomic E-state index is 0.120. The van der Waals surface area contributed by atoms with Crippen molar-refractivity contribution in [2.75, 3.05) is 33.3 Å². The number of rotatable bonds is 9. The van der Waals surface area contributed by atoms with E-state index in [1.165, 1.54) is 5.56 Å². The van der Waals surface area contributed by atoms with Crippen LogP contribution >= 0.6 is 11.6 Å². The molecule has 5 heteroatoms. The van der Waals surface area contributed by atoms with Gasteiger partial charge in [-0.1, -0.05) is 79.9 Å². The van der Waals surface area contributed by atoms with Gasteiger partial charge in [-0.25, -0.2) is 0 Å². The molecular formula is C28H35ClN2O2. The predicted octanol–water partition coefficient (Wildman–Crippen LogP) is 5.91. The molecule has 0 radical (unpaired) electrons. The second-order valence-electron chi connectivity index (χ2n) is 9.01. The Morgan fingerprint density at radius 3 is 2.45 bits per heavy atom. The molecule has 3 aromatic rings. The maximum atomic E-state index is 11.5. The van der Waals surface area contributed by atoms with Crippen molar-refractivity contribution < 1.29 is 9.84 Å². The van der Waals surface area contributed by atoms with E-state index in [4.69, 9.17) is 16.3 Å². The van der Waals surface area contributed by atoms with Crippen molar-refractivity contribution in [2.24, 2.45) is 0 Å². The smallest absolute Gasteiger partial charge is 0.138 e. The number of unbranched alkanes of at least 4 members (excludes halogenated alkanes) is 1. The van der Waals surface area contributed by atoms with Crippen LogP contribution in [0.5, 0.6) is 5.75 Å². The van der Waals surface area contributed by atoms with Crippen LogP contribution in [-0.2, 0) is 6.54 Å². The molecule has 1 unspecified atom stereocenters. The first-order chi connectivity index (χ1) is 16.1. The number of ether oxygens (including phenoxy) is 1. The molecule has 0 aromatic heterocycles. The maximum absolute atomic E-state index is 11.5. The number of hydrogen-bond donors (Lipinski definition) is 1. The van der Waals surface area contributed by atoms with E-state index in [0.717, 1.165) is 68.3 Å². The number of hydrogen-bond acceptors (Lipinski definition) is 4. The molecule has 1 fully saturated rings. The van der Waals surface area contributed by atoms with Gasteiger partial charge in [-0.3, -0.25) is 9.80 Å². The minimum atomic E-state index is -0.525. The van der Waals surface area contributed by atoms with Crippen LogP contribution < -0.4 is 4.74 Å². The SMILES string of the molecule is CCCC[C@H](C(O)c1ccc2c(Cl)c(OC)ccc2c1)N1CCN(Cc2ccccc2)CC1. The second-order valence-corrected chi connectivity index (χ2v) is 9.39. The molecule has 0 aliphatic carbocycles. The van der Waals surface area contributed by atoms with E-state index in [0.29, 0.717) is 10.8 Å². The van der Waals surface area contributed by atoms with Gasteiger partial charge < -0.3 is 9.84 Å². The number of piperazine rings is 1. The molecule has 4 nitrogen and oxygen atoms in total. The van der Waals surface area contributed by atoms with E-state index in [1.54, 1.807) is 7.11 Å². The lowest BCUT2D eigenvalue weighted by atomic mass is 9.94. The van der Waals surface area contributed by atoms with E-state index < -0.39 is 6.10 Å². The van der Waals surface area contributed by atoms with Crippen LogP contribution in [0.3, 0.4) is 0 Å². The number of halogens is 1. The lowest BCUT2D eigenvalue weighted by molar-refractivity contribution is 0.0113. The van der Waals surface area contributed by atoms with Crippen LogP contribution in [0.4, 0.5) is 0 Å². The highest BCUT2D eigenvalue weighted by atomic mass is 35.5. The Labute approximate surface area is 202 Å². The van der Waals surface area contributed by atoms with Gasteiger partial charge in [0.05, 0.1) is 18.2 Å². The third kappa shape index (κ3) is 5.70. The molecule has 1 heterocycles. The molecule has 1 saturated heterocycles. The third-order valence-electron chi connectivity index (χ3n) is 6.85. The van der Waals surface area contributed by atoms with Crippen LogP contribution in [0.1, 0.15) is 43.4 Å². The molecule has 4 rings (SSSR count). The monoisotopic (exact) mass is 466 g/mol. The lowest BCUT2D eigenvalue weighted by Crippen LogP contribution is -2.51. The molecule has 1 aliphatic heterocycles. The van der Waals surface area contributed by atoms with Crippen molar-refractivity contribution in [3.8, 4) is 5.75 Å². The minimum Gasteiger partial charge on any atom is -0.495 e. The highest BCUT2D eigenvalue weighted by molar-refractivity contribution is 6.37. The molecule has 1 N–H and O–H groups in total. The predicted molar refractivity (Wildman–Crippen MR) is 137 cm³/mol. The molecule has 33 heavy (non-hydrogen) atoms. The van der Waals surface area contributed by atoms with Gasteiger partial charge in [0.15, 0.2) is 0 Å². The van der Waals surface area contributed by atoms with Gasteiger partial charge in [0.1, 0.15) is 5.75 Å². The van der Waals surface area contributed by atoms with Crippen LogP contribution in [0.2, 0.25) is 5.02 Å². The molecule has 0 bridgehead atoms. The molecule has 1 aliphatic rings. The molecule has 0 saturated carbocycles. The molecule has 176 valence electrons. The largest absolute Gasteiger partial charge is 0.495 e. The normalized spacial score (nSPS) is 17.2. The fourth-order valence-corrected chi connectivity index (χ4v) is 5.21. The highest BCUT2D eigenvalue weighted by Gasteiger charge is 2.30. The van der Waals surface area contributed by atoms with E-state index in [-0.39, 0.29) is 6.04 Å². The fourth-order valence-electron chi connectivity index (χ4n) is 4.90. The summed E-state index contributed by atoms with van der Waals surface area (Å²) in [5.41, 5.74) is 2.32. The number of aliphatic hydroxyl groups is 1. The van der Waals surface area contributed by atoms with E-state index in [1.807, 2.05) is 24.3 Å². The van der Waals surface area contributed by atoms with Crippen LogP contribution in [0.25, 0.3) is 10.8 Å². The van der Waals surface area contributed by atoms with Gasteiger partial charge in [-0.15, -0.1) is 0 Å². The van der Waals surface area contributed by atoms with Crippen molar-refractivity contribution in [3.63, 3.8) is 0 Å². The second kappa shape index (κ2) is 11.3. The quantitative estimate of drug-likeness (QED) is 0.425. The van der Waals surface area contributed by atoms with Crippen molar-refractivity contribution in [2.45, 2.75) is 44.9 Å². The first-order valence-corrected chi connectivity index (χ1v) is 12.4. The van der Waals surface area contributed by atoms with Crippen molar-refractivity contribution in [3.05, 3.63) is 76.8 Å². The molecule has 3 aromatic carbocycles. The number of aliphatic hydroxyl groups excluding tert-OH is 1. The summed E-state index contributed by atoms with van der Waals surface area (Å²) < 4.78 is 5.35. The zero-order valence-electron chi connectivity index (χ0n) is 19.7. The standard InChI is InChI=1S/C28H35ClN2O2/c1-3-4-10-25(31-17-15-30(16-18-31)20-21-8-6-5-7-9-21)28(32)23-11-13-24-22(19-23)12-14-26(33-2)27(24)29/h5-9,11-14,19,25,28,32H,3-4,10,15-18,20H2,1-2H3/t25-,28?/m1/s1. The zero-order chi connectivity index (χ0) is 23.2. The number of benzene rings is 3. The highest BCUT2D eigenvalue weighted by Crippen LogP contribution is 2.35. The summed E-state index contributed by atoms with van der Waals surface area (Å²) in [6.45, 7) is 7.22. The number of nitrogens with zero attached hydrogens (tertiary/aromatic N) is 2. The van der Waals surface area contributed by atoms with Gasteiger partial charge in [0.25, 0.3) is 0 Å². The summed E-state index contributed by atoms with van der Waals surface area (Å²) >= 11 is 6.50. The Morgan fingerprint density at radius 1 is 1.00 bits per heavy atom. The summed E-state index contributed by atoms with van der Waals surface area (Å²) in [7, 11) is 1.63. The van der Waals surface area contributed by atoms with Crippen molar-refractivity contribution in [1.29, 1.82) is 0 Å². The lowest BCUT2D eigenvalue weighted by Gasteiger charge is -2.41. The first kappa shape index (κ1) is 24.0. The van der Waals surface area contributed by atoms with Gasteiger partial charge in [0.2, 0.25) is 0 Å². The summed E-state index contributed by atoms with van der Waals surface area (Å²) in [5, 5.41) is 14.1. The topological polar surface area (TPSA) is 35.9 Å². The van der Waals surface area contributed by atoms with E-state index >= 15 is 0 Å². The Hall–Kier alpha value is -2.11. The van der Waals surface area contributed by atoms with Crippen LogP contribution in [-0.4, -0.2) is 54.2 Å². The summed E-state index contributed by atoms with van der Waals surface area (Å²) in [6, 6.07) is 20.8. The Morgan fingerprint density at radius 2 is 1.76 bits per heavy atom. The van der Waals surface area contributed by atoms with Gasteiger partial charge in [-0.05, 0) is 35.1 Å². The Kier molecular flexibility index (Phi) is 8.26. The molecule has 0 amide bonds. The van der Waals surface area contributed by atoms with Crippen LogP contribution in [0, 0.1) is 0 Å². The van der Waals surface area contributed by atoms with Crippen molar-refractivity contribution >= 4 is 22.4 Å². The van der Waals surface area contributed by atoms with Gasteiger partial charge in [-0.2, -0.15) is 0 Å². The van der Waals surface area contributed by atoms with E-state index in [9.17, 15) is 5.11 Å². The average Bonchev–Trinajstić information content (AvgIpc) is 2.86.